The van der Waals surface area contributed by atoms with Gasteiger partial charge in [0.1, 0.15) is 12.6 Å². The van der Waals surface area contributed by atoms with E-state index < -0.39 is 6.04 Å². The first-order chi connectivity index (χ1) is 10.2. The summed E-state index contributed by atoms with van der Waals surface area (Å²) in [7, 11) is 1.32. The Morgan fingerprint density at radius 3 is 2.90 bits per heavy atom. The molecule has 0 aliphatic carbocycles. The van der Waals surface area contributed by atoms with E-state index in [-0.39, 0.29) is 18.5 Å². The van der Waals surface area contributed by atoms with Gasteiger partial charge < -0.3 is 14.7 Å². The second-order valence-corrected chi connectivity index (χ2v) is 4.69. The molecule has 1 aliphatic rings. The summed E-state index contributed by atoms with van der Waals surface area (Å²) in [5.41, 5.74) is 0.987. The fourth-order valence-electron chi connectivity index (χ4n) is 2.46. The average Bonchev–Trinajstić information content (AvgIpc) is 3.01. The van der Waals surface area contributed by atoms with Crippen molar-refractivity contribution in [2.24, 2.45) is 0 Å². The van der Waals surface area contributed by atoms with E-state index in [2.05, 4.69) is 11.8 Å². The number of likely N-dealkylation sites (tertiary alicyclic amines) is 1. The van der Waals surface area contributed by atoms with Crippen molar-refractivity contribution >= 4 is 11.9 Å². The highest BCUT2D eigenvalue weighted by Crippen LogP contribution is 2.22. The summed E-state index contributed by atoms with van der Waals surface area (Å²) >= 11 is 0. The van der Waals surface area contributed by atoms with Crippen molar-refractivity contribution in [2.45, 2.75) is 18.9 Å². The monoisotopic (exact) mass is 287 g/mol. The quantitative estimate of drug-likeness (QED) is 0.645. The van der Waals surface area contributed by atoms with Gasteiger partial charge in [0.15, 0.2) is 0 Å². The van der Waals surface area contributed by atoms with E-state index in [0.29, 0.717) is 24.1 Å². The Hall–Kier alpha value is -2.32. The van der Waals surface area contributed by atoms with Crippen molar-refractivity contribution in [3.63, 3.8) is 0 Å². The van der Waals surface area contributed by atoms with Crippen LogP contribution in [-0.2, 0) is 9.53 Å². The number of benzene rings is 1. The second kappa shape index (κ2) is 6.91. The summed E-state index contributed by atoms with van der Waals surface area (Å²) < 4.78 is 4.75. The lowest BCUT2D eigenvalue weighted by Crippen LogP contribution is -2.41. The molecule has 0 radical (unpaired) electrons. The van der Waals surface area contributed by atoms with Crippen LogP contribution in [0.3, 0.4) is 0 Å². The van der Waals surface area contributed by atoms with Gasteiger partial charge in [-0.3, -0.25) is 4.79 Å². The number of esters is 1. The van der Waals surface area contributed by atoms with E-state index in [1.54, 1.807) is 24.3 Å². The second-order valence-electron chi connectivity index (χ2n) is 4.69. The molecule has 110 valence electrons. The number of hydrogen-bond acceptors (Lipinski definition) is 4. The van der Waals surface area contributed by atoms with Gasteiger partial charge in [-0.1, -0.05) is 24.0 Å². The van der Waals surface area contributed by atoms with Crippen molar-refractivity contribution in [3.05, 3.63) is 35.4 Å². The van der Waals surface area contributed by atoms with Crippen LogP contribution in [0.5, 0.6) is 0 Å². The van der Waals surface area contributed by atoms with Gasteiger partial charge in [-0.15, -0.1) is 0 Å². The highest BCUT2D eigenvalue weighted by Gasteiger charge is 2.35. The Kier molecular flexibility index (Phi) is 4.96. The SMILES string of the molecule is COC(=O)C1CCCN1C(=O)c1ccccc1C#CCO. The zero-order valence-electron chi connectivity index (χ0n) is 11.8. The largest absolute Gasteiger partial charge is 0.467 e. The Morgan fingerprint density at radius 1 is 1.43 bits per heavy atom. The zero-order chi connectivity index (χ0) is 15.2. The third kappa shape index (κ3) is 3.23. The number of amides is 1. The Morgan fingerprint density at radius 2 is 2.19 bits per heavy atom. The number of aliphatic hydroxyl groups excluding tert-OH is 1. The van der Waals surface area contributed by atoms with Crippen molar-refractivity contribution in [3.8, 4) is 11.8 Å². The van der Waals surface area contributed by atoms with E-state index in [9.17, 15) is 9.59 Å². The Labute approximate surface area is 123 Å². The first kappa shape index (κ1) is 15.1. The minimum atomic E-state index is -0.527. The van der Waals surface area contributed by atoms with Gasteiger partial charge in [-0.05, 0) is 25.0 Å². The molecule has 1 aliphatic heterocycles. The van der Waals surface area contributed by atoms with Crippen LogP contribution in [0, 0.1) is 11.8 Å². The number of ether oxygens (including phenoxy) is 1. The first-order valence-corrected chi connectivity index (χ1v) is 6.76. The highest BCUT2D eigenvalue weighted by molar-refractivity contribution is 5.99. The van der Waals surface area contributed by atoms with Crippen molar-refractivity contribution in [1.29, 1.82) is 0 Å². The van der Waals surface area contributed by atoms with Crippen molar-refractivity contribution < 1.29 is 19.4 Å². The summed E-state index contributed by atoms with van der Waals surface area (Å²) in [5, 5.41) is 8.79. The fourth-order valence-corrected chi connectivity index (χ4v) is 2.46. The lowest BCUT2D eigenvalue weighted by atomic mass is 10.1. The van der Waals surface area contributed by atoms with Crippen LogP contribution < -0.4 is 0 Å². The minimum Gasteiger partial charge on any atom is -0.467 e. The van der Waals surface area contributed by atoms with Crippen molar-refractivity contribution in [2.75, 3.05) is 20.3 Å². The van der Waals surface area contributed by atoms with E-state index in [1.165, 1.54) is 12.0 Å². The molecule has 1 aromatic rings. The summed E-state index contributed by atoms with van der Waals surface area (Å²) in [4.78, 5) is 25.9. The maximum atomic E-state index is 12.6. The van der Waals surface area contributed by atoms with Gasteiger partial charge in [0.05, 0.1) is 12.7 Å². The summed E-state index contributed by atoms with van der Waals surface area (Å²) in [6.07, 6.45) is 1.39. The maximum Gasteiger partial charge on any atom is 0.328 e. The molecule has 1 atom stereocenters. The van der Waals surface area contributed by atoms with Crippen molar-refractivity contribution in [1.82, 2.24) is 4.90 Å². The molecule has 1 heterocycles. The molecule has 1 saturated heterocycles. The summed E-state index contributed by atoms with van der Waals surface area (Å²) in [6.45, 7) is 0.261. The number of rotatable bonds is 2. The predicted molar refractivity (Wildman–Crippen MR) is 76.5 cm³/mol. The van der Waals surface area contributed by atoms with Gasteiger partial charge in [0, 0.05) is 12.1 Å². The molecule has 2 rings (SSSR count). The lowest BCUT2D eigenvalue weighted by Gasteiger charge is -2.23. The Balaban J connectivity index is 2.30. The van der Waals surface area contributed by atoms with Crippen LogP contribution in [0.25, 0.3) is 0 Å². The van der Waals surface area contributed by atoms with E-state index in [1.807, 2.05) is 0 Å². The van der Waals surface area contributed by atoms with Crippen LogP contribution >= 0.6 is 0 Å². The molecular formula is C16H17NO4. The standard InChI is InChI=1S/C16H17NO4/c1-21-16(20)14-9-4-10-17(14)15(19)13-8-3-2-6-12(13)7-5-11-18/h2-3,6,8,14,18H,4,9-11H2,1H3. The highest BCUT2D eigenvalue weighted by atomic mass is 16.5. The molecule has 0 aromatic heterocycles. The van der Waals surface area contributed by atoms with Crippen LogP contribution in [0.1, 0.15) is 28.8 Å². The number of carbonyl (C=O) groups is 2. The number of methoxy groups -OCH3 is 1. The summed E-state index contributed by atoms with van der Waals surface area (Å²) in [5.74, 6) is 4.68. The van der Waals surface area contributed by atoms with E-state index in [0.717, 1.165) is 6.42 Å². The fraction of sp³-hybridized carbons (Fsp3) is 0.375. The molecular weight excluding hydrogens is 270 g/mol. The smallest absolute Gasteiger partial charge is 0.328 e. The first-order valence-electron chi connectivity index (χ1n) is 6.76. The lowest BCUT2D eigenvalue weighted by molar-refractivity contribution is -0.145. The molecule has 5 heteroatoms. The third-order valence-corrected chi connectivity index (χ3v) is 3.45. The van der Waals surface area contributed by atoms with E-state index >= 15 is 0 Å². The van der Waals surface area contributed by atoms with Gasteiger partial charge in [-0.2, -0.15) is 0 Å². The van der Waals surface area contributed by atoms with Crippen LogP contribution in [0.4, 0.5) is 0 Å². The maximum absolute atomic E-state index is 12.6. The van der Waals surface area contributed by atoms with Gasteiger partial charge >= 0.3 is 5.97 Å². The molecule has 5 nitrogen and oxygen atoms in total. The molecule has 1 fully saturated rings. The molecule has 1 aromatic carbocycles. The Bertz CT molecular complexity index is 600. The summed E-state index contributed by atoms with van der Waals surface area (Å²) in [6, 6.07) is 6.40. The third-order valence-electron chi connectivity index (χ3n) is 3.45. The average molecular weight is 287 g/mol. The van der Waals surface area contributed by atoms with Gasteiger partial charge in [0.2, 0.25) is 0 Å². The molecule has 0 saturated carbocycles. The molecule has 0 spiro atoms. The van der Waals surface area contributed by atoms with Gasteiger partial charge in [0.25, 0.3) is 5.91 Å². The molecule has 0 bridgehead atoms. The normalized spacial score (nSPS) is 17.0. The van der Waals surface area contributed by atoms with Crippen LogP contribution in [0.2, 0.25) is 0 Å². The molecule has 1 unspecified atom stereocenters. The molecule has 21 heavy (non-hydrogen) atoms. The molecule has 1 N–H and O–H groups in total. The van der Waals surface area contributed by atoms with Crippen LogP contribution in [0.15, 0.2) is 24.3 Å². The zero-order valence-corrected chi connectivity index (χ0v) is 11.8. The minimum absolute atomic E-state index is 0.231. The number of aliphatic hydroxyl groups is 1. The number of carbonyl (C=O) groups excluding carboxylic acids is 2. The predicted octanol–water partition coefficient (Wildman–Crippen LogP) is 0.808. The van der Waals surface area contributed by atoms with Gasteiger partial charge in [-0.25, -0.2) is 4.79 Å². The number of hydrogen-bond donors (Lipinski definition) is 1. The molecule has 1 amide bonds. The van der Waals surface area contributed by atoms with E-state index in [4.69, 9.17) is 9.84 Å². The topological polar surface area (TPSA) is 66.8 Å². The van der Waals surface area contributed by atoms with Crippen LogP contribution in [-0.4, -0.2) is 48.2 Å². The number of nitrogens with zero attached hydrogens (tertiary/aromatic N) is 1.